The van der Waals surface area contributed by atoms with Gasteiger partial charge in [0.1, 0.15) is 6.04 Å². The van der Waals surface area contributed by atoms with Crippen molar-refractivity contribution in [1.29, 1.82) is 0 Å². The summed E-state index contributed by atoms with van der Waals surface area (Å²) in [5.74, 6) is -0.815. The van der Waals surface area contributed by atoms with Crippen LogP contribution in [0.5, 0.6) is 0 Å². The monoisotopic (exact) mass is 199 g/mol. The number of nitrogens with two attached hydrogens (primary N) is 1. The predicted molar refractivity (Wildman–Crippen MR) is 48.3 cm³/mol. The van der Waals surface area contributed by atoms with Gasteiger partial charge in [-0.3, -0.25) is 4.79 Å². The van der Waals surface area contributed by atoms with Crippen LogP contribution >= 0.6 is 34.8 Å². The molecular weight excluding hydrogens is 192 g/mol. The zero-order valence-corrected chi connectivity index (χ0v) is 7.92. The second-order valence-electron chi connectivity index (χ2n) is 1.13. The molecular formula is C3H8Cl2LiNO2S. The number of carboxylic acid groups (broad SMARTS) is 1. The van der Waals surface area contributed by atoms with E-state index >= 15 is 0 Å². The molecule has 0 saturated carbocycles. The number of hydrogen-bond donors (Lipinski definition) is 3. The van der Waals surface area contributed by atoms with Crippen molar-refractivity contribution in [2.24, 2.45) is 5.73 Å². The molecule has 0 aromatic heterocycles. The first-order valence-electron chi connectivity index (χ1n) is 2.15. The fourth-order valence-corrected chi connectivity index (χ4v) is 0.234. The third-order valence-electron chi connectivity index (χ3n) is 0.514. The number of aliphatic carboxylic acids is 1. The Balaban J connectivity index is -0.000000149. The molecule has 0 fully saturated rings. The van der Waals surface area contributed by atoms with Crippen LogP contribution in [-0.2, 0) is 4.79 Å². The van der Waals surface area contributed by atoms with Gasteiger partial charge in [-0.25, -0.2) is 0 Å². The molecule has 0 bridgehead atoms. The van der Waals surface area contributed by atoms with Crippen molar-refractivity contribution in [2.75, 3.05) is 5.75 Å². The molecule has 7 heteroatoms. The number of carbonyl (C=O) groups is 1. The van der Waals surface area contributed by atoms with Crippen molar-refractivity contribution >= 4 is 57.5 Å². The molecule has 0 aliphatic carbocycles. The number of carboxylic acids is 1. The zero-order chi connectivity index (χ0) is 7.86. The van der Waals surface area contributed by atoms with Crippen molar-refractivity contribution < 1.29 is 9.90 Å². The third-order valence-corrected chi connectivity index (χ3v) is 0.907. The Morgan fingerprint density at radius 3 is 2.10 bits per heavy atom. The molecule has 58 valence electrons. The van der Waals surface area contributed by atoms with Crippen molar-refractivity contribution in [2.45, 2.75) is 6.04 Å². The first-order valence-corrected chi connectivity index (χ1v) is 3.54. The summed E-state index contributed by atoms with van der Waals surface area (Å²) in [7, 11) is 4.64. The van der Waals surface area contributed by atoms with Gasteiger partial charge in [0.05, 0.1) is 0 Å². The number of rotatable bonds is 2. The summed E-state index contributed by atoms with van der Waals surface area (Å²) >= 11 is 5.12. The number of halogens is 2. The Morgan fingerprint density at radius 1 is 1.80 bits per heavy atom. The molecule has 0 aliphatic heterocycles. The van der Waals surface area contributed by atoms with Crippen molar-refractivity contribution in [1.82, 2.24) is 0 Å². The second kappa shape index (κ2) is 12.6. The Hall–Kier alpha value is 0.957. The molecule has 0 aliphatic rings. The van der Waals surface area contributed by atoms with E-state index in [1.54, 1.807) is 0 Å². The van der Waals surface area contributed by atoms with Gasteiger partial charge in [0.25, 0.3) is 0 Å². The number of thiol groups is 1. The summed E-state index contributed by atoms with van der Waals surface area (Å²) in [5, 5.41) is 8.01. The maximum atomic E-state index is 9.76. The van der Waals surface area contributed by atoms with Gasteiger partial charge in [0, 0.05) is 5.75 Å². The fourth-order valence-electron chi connectivity index (χ4n) is 0.0781. The molecule has 0 aromatic carbocycles. The van der Waals surface area contributed by atoms with Crippen LogP contribution in [-0.4, -0.2) is 39.6 Å². The predicted octanol–water partition coefficient (Wildman–Crippen LogP) is 0.0586. The molecule has 0 spiro atoms. The first-order chi connectivity index (χ1) is 4.18. The fraction of sp³-hybridized carbons (Fsp3) is 0.667. The molecule has 0 radical (unpaired) electrons. The van der Waals surface area contributed by atoms with Crippen molar-refractivity contribution in [3.8, 4) is 0 Å². The SMILES string of the molecule is Cl.N[C@@H](CS)C(=O)O.[Li][Cl]. The van der Waals surface area contributed by atoms with Crippen LogP contribution in [0.2, 0.25) is 0 Å². The van der Waals surface area contributed by atoms with E-state index in [0.717, 1.165) is 0 Å². The maximum absolute atomic E-state index is 9.76. The second-order valence-corrected chi connectivity index (χ2v) is 1.49. The Labute approximate surface area is 84.8 Å². The summed E-state index contributed by atoms with van der Waals surface area (Å²) < 4.78 is 0. The van der Waals surface area contributed by atoms with Crippen molar-refractivity contribution in [3.05, 3.63) is 0 Å². The van der Waals surface area contributed by atoms with E-state index < -0.39 is 12.0 Å². The molecule has 0 saturated heterocycles. The van der Waals surface area contributed by atoms with Crippen molar-refractivity contribution in [3.63, 3.8) is 0 Å². The summed E-state index contributed by atoms with van der Waals surface area (Å²) in [6.45, 7) is 0. The molecule has 0 amide bonds. The van der Waals surface area contributed by atoms with Gasteiger partial charge in [-0.2, -0.15) is 12.6 Å². The topological polar surface area (TPSA) is 63.3 Å². The molecule has 0 aromatic rings. The third kappa shape index (κ3) is 11.7. The van der Waals surface area contributed by atoms with Crippen LogP contribution in [0.4, 0.5) is 0 Å². The first kappa shape index (κ1) is 17.2. The molecule has 3 N–H and O–H groups in total. The zero-order valence-electron chi connectivity index (χ0n) is 5.45. The van der Waals surface area contributed by atoms with Gasteiger partial charge in [0.2, 0.25) is 0 Å². The molecule has 0 unspecified atom stereocenters. The van der Waals surface area contributed by atoms with Crippen LogP contribution in [0.15, 0.2) is 0 Å². The average Bonchev–Trinajstić information content (AvgIpc) is 1.91. The van der Waals surface area contributed by atoms with Crippen LogP contribution in [0.3, 0.4) is 0 Å². The van der Waals surface area contributed by atoms with Crippen LogP contribution in [0, 0.1) is 0 Å². The van der Waals surface area contributed by atoms with E-state index in [1.165, 1.54) is 16.7 Å². The number of hydrogen-bond acceptors (Lipinski definition) is 3. The minimum atomic E-state index is -1.00. The summed E-state index contributed by atoms with van der Waals surface area (Å²) in [6, 6.07) is -0.816. The van der Waals surface area contributed by atoms with Crippen LogP contribution < -0.4 is 5.73 Å². The van der Waals surface area contributed by atoms with Gasteiger partial charge < -0.3 is 10.8 Å². The quantitative estimate of drug-likeness (QED) is 0.436. The van der Waals surface area contributed by atoms with E-state index in [9.17, 15) is 4.79 Å². The van der Waals surface area contributed by atoms with Gasteiger partial charge >= 0.3 is 32.5 Å². The van der Waals surface area contributed by atoms with E-state index in [-0.39, 0.29) is 18.2 Å². The van der Waals surface area contributed by atoms with Gasteiger partial charge in [-0.15, -0.1) is 12.4 Å². The Bertz CT molecular complexity index is 86.9. The normalized spacial score (nSPS) is 10.1. The van der Waals surface area contributed by atoms with Gasteiger partial charge in [-0.1, -0.05) is 0 Å². The summed E-state index contributed by atoms with van der Waals surface area (Å²) in [6.07, 6.45) is 0. The van der Waals surface area contributed by atoms with E-state index in [4.69, 9.17) is 10.8 Å². The summed E-state index contributed by atoms with van der Waals surface area (Å²) in [4.78, 5) is 9.76. The van der Waals surface area contributed by atoms with E-state index in [2.05, 4.69) is 22.4 Å². The van der Waals surface area contributed by atoms with E-state index in [0.29, 0.717) is 0 Å². The summed E-state index contributed by atoms with van der Waals surface area (Å²) in [5.41, 5.74) is 4.94. The standard InChI is InChI=1S/C3H7NO2S.2ClH.Li/c4-2(1-7)3(5)6;;;/h2,7H,1,4H2,(H,5,6);2*1H;/q;;;+1/p-1/t2-;;;/m0.../s1. The van der Waals surface area contributed by atoms with Gasteiger partial charge in [-0.05, 0) is 0 Å². The van der Waals surface area contributed by atoms with Crippen LogP contribution in [0.25, 0.3) is 0 Å². The van der Waals surface area contributed by atoms with Gasteiger partial charge in [0.15, 0.2) is 0 Å². The average molecular weight is 200 g/mol. The molecule has 3 nitrogen and oxygen atoms in total. The molecule has 0 heterocycles. The van der Waals surface area contributed by atoms with E-state index in [1.807, 2.05) is 0 Å². The minimum absolute atomic E-state index is 0. The Kier molecular flexibility index (Phi) is 21.6. The molecule has 1 atom stereocenters. The van der Waals surface area contributed by atoms with Crippen LogP contribution in [0.1, 0.15) is 0 Å². The molecule has 0 rings (SSSR count). The Morgan fingerprint density at radius 2 is 2.10 bits per heavy atom. The molecule has 10 heavy (non-hydrogen) atoms.